The zero-order valence-corrected chi connectivity index (χ0v) is 17.3. The van der Waals surface area contributed by atoms with Crippen molar-refractivity contribution in [3.05, 3.63) is 56.3 Å². The zero-order chi connectivity index (χ0) is 18.4. The molecule has 1 N–H and O–H groups in total. The minimum atomic E-state index is -0.0792. The second-order valence-electron chi connectivity index (χ2n) is 5.82. The fourth-order valence-corrected chi connectivity index (χ4v) is 6.41. The van der Waals surface area contributed by atoms with E-state index in [9.17, 15) is 4.79 Å². The highest BCUT2D eigenvalue weighted by Gasteiger charge is 2.16. The van der Waals surface area contributed by atoms with Crippen molar-refractivity contribution in [2.24, 2.45) is 0 Å². The van der Waals surface area contributed by atoms with Crippen molar-refractivity contribution in [2.75, 3.05) is 0 Å². The van der Waals surface area contributed by atoms with Crippen LogP contribution < -0.4 is 5.56 Å². The smallest absolute Gasteiger partial charge is 0.268 e. The average Bonchev–Trinajstić information content (AvgIpc) is 3.38. The van der Waals surface area contributed by atoms with Crippen LogP contribution in [0.4, 0.5) is 0 Å². The number of fused-ring (bicyclic) bond motifs is 2. The van der Waals surface area contributed by atoms with Gasteiger partial charge in [0.1, 0.15) is 26.2 Å². The van der Waals surface area contributed by atoms with Crippen LogP contribution >= 0.6 is 45.8 Å². The molecule has 0 saturated carbocycles. The van der Waals surface area contributed by atoms with E-state index < -0.39 is 0 Å². The van der Waals surface area contributed by atoms with Gasteiger partial charge in [0.25, 0.3) is 5.56 Å². The Labute approximate surface area is 170 Å². The molecule has 0 aliphatic rings. The van der Waals surface area contributed by atoms with Crippen LogP contribution in [0.3, 0.4) is 0 Å². The summed E-state index contributed by atoms with van der Waals surface area (Å²) in [6.07, 6.45) is 0. The molecule has 5 rings (SSSR count). The molecule has 5 aromatic rings. The molecule has 0 bridgehead atoms. The number of aryl methyl sites for hydroxylation is 1. The lowest BCUT2D eigenvalue weighted by atomic mass is 10.2. The fraction of sp³-hybridized carbons (Fsp3) is 0.111. The normalized spacial score (nSPS) is 11.6. The first-order valence-electron chi connectivity index (χ1n) is 8.08. The third kappa shape index (κ3) is 3.10. The number of nitrogens with zero attached hydrogens (tertiary/aromatic N) is 3. The van der Waals surface area contributed by atoms with E-state index >= 15 is 0 Å². The summed E-state index contributed by atoms with van der Waals surface area (Å²) in [4.78, 5) is 31.1. The van der Waals surface area contributed by atoms with Crippen molar-refractivity contribution in [2.45, 2.75) is 17.7 Å². The van der Waals surface area contributed by atoms with Gasteiger partial charge in [0, 0.05) is 15.8 Å². The first-order chi connectivity index (χ1) is 13.2. The van der Waals surface area contributed by atoms with Gasteiger partial charge in [0.05, 0.1) is 16.7 Å². The number of aromatic amines is 1. The van der Waals surface area contributed by atoms with Gasteiger partial charge in [0.15, 0.2) is 0 Å². The van der Waals surface area contributed by atoms with E-state index in [0.717, 1.165) is 26.6 Å². The van der Waals surface area contributed by atoms with Gasteiger partial charge in [-0.1, -0.05) is 17.8 Å². The summed E-state index contributed by atoms with van der Waals surface area (Å²) >= 11 is 6.34. The lowest BCUT2D eigenvalue weighted by Gasteiger charge is -2.06. The van der Waals surface area contributed by atoms with Crippen molar-refractivity contribution in [1.29, 1.82) is 0 Å². The molecule has 0 atom stereocenters. The molecule has 0 aromatic carbocycles. The minimum Gasteiger partial charge on any atom is -0.309 e. The Balaban J connectivity index is 1.55. The third-order valence-electron chi connectivity index (χ3n) is 4.01. The molecule has 0 saturated heterocycles. The Morgan fingerprint density at radius 3 is 2.89 bits per heavy atom. The first kappa shape index (κ1) is 17.1. The van der Waals surface area contributed by atoms with Crippen molar-refractivity contribution in [1.82, 2.24) is 19.9 Å². The largest absolute Gasteiger partial charge is 0.309 e. The third-order valence-corrected chi connectivity index (χ3v) is 7.67. The summed E-state index contributed by atoms with van der Waals surface area (Å²) in [7, 11) is 0. The molecule has 0 radical (unpaired) electrons. The van der Waals surface area contributed by atoms with Gasteiger partial charge < -0.3 is 4.98 Å². The van der Waals surface area contributed by atoms with Crippen molar-refractivity contribution >= 4 is 66.2 Å². The maximum atomic E-state index is 12.2. The number of aromatic nitrogens is 4. The molecule has 0 aliphatic heterocycles. The average molecular weight is 429 g/mol. The van der Waals surface area contributed by atoms with Gasteiger partial charge in [-0.3, -0.25) is 4.79 Å². The molecule has 27 heavy (non-hydrogen) atoms. The number of thioether (sulfide) groups is 1. The van der Waals surface area contributed by atoms with Crippen molar-refractivity contribution in [3.8, 4) is 10.4 Å². The highest BCUT2D eigenvalue weighted by molar-refractivity contribution is 7.98. The number of hydrogen-bond donors (Lipinski definition) is 1. The standard InChI is InChI=1S/C18H12N4OS4/c1-9-19-17-14(10(7-26-17)12-3-2-5-24-12)18(20-9)27-8-13-21-11-4-6-25-15(11)16(23)22-13/h2-7H,8H2,1H3,(H,21,22,23). The molecule has 0 unspecified atom stereocenters. The van der Waals surface area contributed by atoms with Crippen LogP contribution in [0.25, 0.3) is 30.9 Å². The topological polar surface area (TPSA) is 71.5 Å². The Morgan fingerprint density at radius 2 is 2.04 bits per heavy atom. The van der Waals surface area contributed by atoms with Crippen molar-refractivity contribution in [3.63, 3.8) is 0 Å². The van der Waals surface area contributed by atoms with E-state index in [1.165, 1.54) is 21.8 Å². The monoisotopic (exact) mass is 428 g/mol. The molecule has 9 heteroatoms. The van der Waals surface area contributed by atoms with Crippen LogP contribution in [0, 0.1) is 6.92 Å². The molecule has 0 spiro atoms. The van der Waals surface area contributed by atoms with Gasteiger partial charge in [-0.25, -0.2) is 15.0 Å². The summed E-state index contributed by atoms with van der Waals surface area (Å²) in [5, 5.41) is 8.12. The predicted molar refractivity (Wildman–Crippen MR) is 115 cm³/mol. The SMILES string of the molecule is Cc1nc(SCc2nc3ccsc3c(=O)[nH]2)c2c(-c3cccs3)csc2n1. The quantitative estimate of drug-likeness (QED) is 0.310. The molecule has 5 aromatic heterocycles. The van der Waals surface area contributed by atoms with E-state index in [2.05, 4.69) is 42.8 Å². The van der Waals surface area contributed by atoms with Crippen molar-refractivity contribution < 1.29 is 0 Å². The maximum Gasteiger partial charge on any atom is 0.268 e. The second kappa shape index (κ2) is 6.83. The van der Waals surface area contributed by atoms with E-state index in [0.29, 0.717) is 16.3 Å². The molecule has 0 aliphatic carbocycles. The predicted octanol–water partition coefficient (Wildman–Crippen LogP) is 5.32. The molecule has 5 heterocycles. The van der Waals surface area contributed by atoms with Crippen LogP contribution in [0.5, 0.6) is 0 Å². The van der Waals surface area contributed by atoms with Crippen LogP contribution in [-0.2, 0) is 5.75 Å². The van der Waals surface area contributed by atoms with E-state index in [1.54, 1.807) is 34.4 Å². The molecular weight excluding hydrogens is 416 g/mol. The number of H-pyrrole nitrogens is 1. The zero-order valence-electron chi connectivity index (χ0n) is 14.1. The summed E-state index contributed by atoms with van der Waals surface area (Å²) in [6, 6.07) is 6.05. The van der Waals surface area contributed by atoms with E-state index in [1.807, 2.05) is 18.4 Å². The molecular formula is C18H12N4OS4. The van der Waals surface area contributed by atoms with Gasteiger partial charge in [-0.2, -0.15) is 0 Å². The Kier molecular flexibility index (Phi) is 4.31. The van der Waals surface area contributed by atoms with E-state index in [4.69, 9.17) is 0 Å². The number of nitrogens with one attached hydrogen (secondary N) is 1. The van der Waals surface area contributed by atoms with Crippen LogP contribution in [0.15, 0.2) is 44.2 Å². The molecule has 5 nitrogen and oxygen atoms in total. The lowest BCUT2D eigenvalue weighted by molar-refractivity contribution is 1.00. The summed E-state index contributed by atoms with van der Waals surface area (Å²) in [5.74, 6) is 1.96. The van der Waals surface area contributed by atoms with Crippen LogP contribution in [-0.4, -0.2) is 19.9 Å². The summed E-state index contributed by atoms with van der Waals surface area (Å²) in [6.45, 7) is 1.91. The maximum absolute atomic E-state index is 12.2. The van der Waals surface area contributed by atoms with Gasteiger partial charge in [0.2, 0.25) is 0 Å². The number of rotatable bonds is 4. The number of hydrogen-bond acceptors (Lipinski definition) is 8. The fourth-order valence-electron chi connectivity index (χ4n) is 2.86. The van der Waals surface area contributed by atoms with E-state index in [-0.39, 0.29) is 5.56 Å². The molecule has 134 valence electrons. The Hall–Kier alpha value is -2.07. The first-order valence-corrected chi connectivity index (χ1v) is 11.7. The lowest BCUT2D eigenvalue weighted by Crippen LogP contribution is -2.09. The summed E-state index contributed by atoms with van der Waals surface area (Å²) < 4.78 is 0.668. The minimum absolute atomic E-state index is 0.0792. The van der Waals surface area contributed by atoms with Gasteiger partial charge in [-0.15, -0.1) is 34.0 Å². The highest BCUT2D eigenvalue weighted by atomic mass is 32.2. The Bertz CT molecular complexity index is 1320. The summed E-state index contributed by atoms with van der Waals surface area (Å²) in [5.41, 5.74) is 1.84. The van der Waals surface area contributed by atoms with Gasteiger partial charge in [-0.05, 0) is 29.8 Å². The second-order valence-corrected chi connectivity index (χ2v) is 9.51. The highest BCUT2D eigenvalue weighted by Crippen LogP contribution is 2.40. The van der Waals surface area contributed by atoms with Gasteiger partial charge >= 0.3 is 0 Å². The molecule has 0 fully saturated rings. The molecule has 0 amide bonds. The number of thiophene rings is 3. The Morgan fingerprint density at radius 1 is 1.11 bits per heavy atom. The van der Waals surface area contributed by atoms with Crippen LogP contribution in [0.1, 0.15) is 11.6 Å². The van der Waals surface area contributed by atoms with Crippen LogP contribution in [0.2, 0.25) is 0 Å².